The molecule has 0 atom stereocenters. The standard InChI is InChI=1S/C9H5ClF2N2O2/c10-9-13-5-2-3(7(11)12)1-4(8(15)16)6(5)14-9/h1-2,7H,(H,13,14)(H,15,16). The molecule has 7 heteroatoms. The van der Waals surface area contributed by atoms with Gasteiger partial charge < -0.3 is 10.1 Å². The number of aromatic amines is 1. The van der Waals surface area contributed by atoms with Gasteiger partial charge in [0, 0.05) is 5.56 Å². The van der Waals surface area contributed by atoms with Crippen LogP contribution in [0.25, 0.3) is 11.0 Å². The maximum atomic E-state index is 12.5. The molecule has 0 aliphatic carbocycles. The van der Waals surface area contributed by atoms with Gasteiger partial charge in [0.2, 0.25) is 5.28 Å². The Bertz CT molecular complexity index is 568. The Morgan fingerprint density at radius 1 is 1.50 bits per heavy atom. The predicted octanol–water partition coefficient (Wildman–Crippen LogP) is 2.85. The molecule has 4 nitrogen and oxygen atoms in total. The molecule has 16 heavy (non-hydrogen) atoms. The quantitative estimate of drug-likeness (QED) is 0.856. The molecule has 0 bridgehead atoms. The van der Waals surface area contributed by atoms with Crippen molar-refractivity contribution in [3.8, 4) is 0 Å². The number of imidazole rings is 1. The van der Waals surface area contributed by atoms with Crippen LogP contribution in [-0.4, -0.2) is 21.0 Å². The number of hydrogen-bond acceptors (Lipinski definition) is 2. The molecule has 1 aromatic heterocycles. The second kappa shape index (κ2) is 3.71. The molecule has 0 saturated carbocycles. The maximum absolute atomic E-state index is 12.5. The molecular formula is C9H5ClF2N2O2. The molecule has 0 amide bonds. The lowest BCUT2D eigenvalue weighted by Gasteiger charge is -2.02. The number of fused-ring (bicyclic) bond motifs is 1. The highest BCUT2D eigenvalue weighted by Gasteiger charge is 2.17. The van der Waals surface area contributed by atoms with Gasteiger partial charge in [-0.25, -0.2) is 18.6 Å². The molecule has 1 aromatic carbocycles. The molecule has 0 fully saturated rings. The molecule has 1 heterocycles. The van der Waals surface area contributed by atoms with Crippen molar-refractivity contribution in [2.24, 2.45) is 0 Å². The lowest BCUT2D eigenvalue weighted by atomic mass is 10.1. The number of rotatable bonds is 2. The van der Waals surface area contributed by atoms with E-state index in [1.54, 1.807) is 0 Å². The number of halogens is 3. The van der Waals surface area contributed by atoms with Crippen LogP contribution in [0.3, 0.4) is 0 Å². The van der Waals surface area contributed by atoms with Crippen LogP contribution in [0, 0.1) is 0 Å². The number of aromatic carboxylic acids is 1. The van der Waals surface area contributed by atoms with Crippen molar-refractivity contribution in [2.75, 3.05) is 0 Å². The third-order valence-electron chi connectivity index (χ3n) is 2.06. The average molecular weight is 247 g/mol. The highest BCUT2D eigenvalue weighted by atomic mass is 35.5. The second-order valence-corrected chi connectivity index (χ2v) is 3.46. The summed E-state index contributed by atoms with van der Waals surface area (Å²) in [5, 5.41) is 8.82. The summed E-state index contributed by atoms with van der Waals surface area (Å²) in [6.07, 6.45) is -2.75. The normalized spacial score (nSPS) is 11.2. The predicted molar refractivity (Wildman–Crippen MR) is 53.0 cm³/mol. The van der Waals surface area contributed by atoms with E-state index in [1.165, 1.54) is 0 Å². The first-order valence-electron chi connectivity index (χ1n) is 4.19. The molecule has 2 N–H and O–H groups in total. The first kappa shape index (κ1) is 10.8. The van der Waals surface area contributed by atoms with E-state index >= 15 is 0 Å². The third kappa shape index (κ3) is 1.71. The van der Waals surface area contributed by atoms with E-state index in [9.17, 15) is 13.6 Å². The molecular weight excluding hydrogens is 242 g/mol. The van der Waals surface area contributed by atoms with Gasteiger partial charge in [0.25, 0.3) is 6.43 Å². The Kier molecular flexibility index (Phi) is 2.51. The Hall–Kier alpha value is -1.69. The fraction of sp³-hybridized carbons (Fsp3) is 0.111. The van der Waals surface area contributed by atoms with Gasteiger partial charge in [-0.3, -0.25) is 0 Å². The monoisotopic (exact) mass is 246 g/mol. The number of alkyl halides is 2. The summed E-state index contributed by atoms with van der Waals surface area (Å²) in [5.74, 6) is -1.32. The van der Waals surface area contributed by atoms with Crippen molar-refractivity contribution in [2.45, 2.75) is 6.43 Å². The van der Waals surface area contributed by atoms with E-state index in [2.05, 4.69) is 9.97 Å². The fourth-order valence-corrected chi connectivity index (χ4v) is 1.59. The molecule has 2 aromatic rings. The lowest BCUT2D eigenvalue weighted by Crippen LogP contribution is -1.99. The van der Waals surface area contributed by atoms with Crippen LogP contribution < -0.4 is 0 Å². The zero-order chi connectivity index (χ0) is 11.9. The number of H-pyrrole nitrogens is 1. The van der Waals surface area contributed by atoms with Crippen molar-refractivity contribution < 1.29 is 18.7 Å². The summed E-state index contributed by atoms with van der Waals surface area (Å²) < 4.78 is 25.0. The summed E-state index contributed by atoms with van der Waals surface area (Å²) in [6.45, 7) is 0. The Balaban J connectivity index is 2.78. The van der Waals surface area contributed by atoms with Gasteiger partial charge in [0.05, 0.1) is 11.1 Å². The van der Waals surface area contributed by atoms with E-state index in [1.807, 2.05) is 0 Å². The number of carbonyl (C=O) groups is 1. The van der Waals surface area contributed by atoms with Crippen molar-refractivity contribution in [1.29, 1.82) is 0 Å². The van der Waals surface area contributed by atoms with Gasteiger partial charge in [-0.05, 0) is 23.7 Å². The number of nitrogens with zero attached hydrogens (tertiary/aromatic N) is 1. The number of carboxylic acid groups (broad SMARTS) is 1. The van der Waals surface area contributed by atoms with E-state index in [0.29, 0.717) is 0 Å². The number of carboxylic acids is 1. The highest BCUT2D eigenvalue weighted by Crippen LogP contribution is 2.26. The number of aromatic nitrogens is 2. The molecule has 0 spiro atoms. The average Bonchev–Trinajstić information content (AvgIpc) is 2.55. The lowest BCUT2D eigenvalue weighted by molar-refractivity contribution is 0.0698. The van der Waals surface area contributed by atoms with Crippen LogP contribution in [0.15, 0.2) is 12.1 Å². The summed E-state index contributed by atoms with van der Waals surface area (Å²) in [5.41, 5.74) is -0.428. The van der Waals surface area contributed by atoms with Crippen LogP contribution in [0.4, 0.5) is 8.78 Å². The van der Waals surface area contributed by atoms with Crippen molar-refractivity contribution in [3.63, 3.8) is 0 Å². The minimum absolute atomic E-state index is 0.0380. The summed E-state index contributed by atoms with van der Waals surface area (Å²) in [4.78, 5) is 17.1. The Labute approximate surface area is 92.9 Å². The summed E-state index contributed by atoms with van der Waals surface area (Å²) in [6, 6.07) is 2.03. The van der Waals surface area contributed by atoms with Gasteiger partial charge in [0.1, 0.15) is 5.52 Å². The molecule has 0 radical (unpaired) electrons. The van der Waals surface area contributed by atoms with Gasteiger partial charge >= 0.3 is 5.97 Å². The second-order valence-electron chi connectivity index (χ2n) is 3.10. The van der Waals surface area contributed by atoms with Gasteiger partial charge in [-0.2, -0.15) is 0 Å². The van der Waals surface area contributed by atoms with Crippen molar-refractivity contribution >= 4 is 28.6 Å². The van der Waals surface area contributed by atoms with Crippen LogP contribution in [-0.2, 0) is 0 Å². The van der Waals surface area contributed by atoms with E-state index < -0.39 is 12.4 Å². The first-order chi connectivity index (χ1) is 7.49. The SMILES string of the molecule is O=C(O)c1cc(C(F)F)cc2[nH]c(Cl)nc12. The molecule has 0 aliphatic rings. The molecule has 0 aliphatic heterocycles. The maximum Gasteiger partial charge on any atom is 0.337 e. The van der Waals surface area contributed by atoms with E-state index in [-0.39, 0.29) is 27.4 Å². The summed E-state index contributed by atoms with van der Waals surface area (Å²) in [7, 11) is 0. The van der Waals surface area contributed by atoms with Crippen LogP contribution in [0.2, 0.25) is 5.28 Å². The van der Waals surface area contributed by atoms with Gasteiger partial charge in [0.15, 0.2) is 0 Å². The number of benzene rings is 1. The molecule has 84 valence electrons. The topological polar surface area (TPSA) is 66.0 Å². The van der Waals surface area contributed by atoms with Gasteiger partial charge in [-0.15, -0.1) is 0 Å². The van der Waals surface area contributed by atoms with Crippen LogP contribution in [0.1, 0.15) is 22.3 Å². The smallest absolute Gasteiger partial charge is 0.337 e. The van der Waals surface area contributed by atoms with Gasteiger partial charge in [-0.1, -0.05) is 0 Å². The number of hydrogen-bond donors (Lipinski definition) is 2. The molecule has 0 saturated heterocycles. The first-order valence-corrected chi connectivity index (χ1v) is 4.57. The minimum Gasteiger partial charge on any atom is -0.478 e. The summed E-state index contributed by atoms with van der Waals surface area (Å²) >= 11 is 5.54. The highest BCUT2D eigenvalue weighted by molar-refractivity contribution is 6.29. The van der Waals surface area contributed by atoms with Crippen molar-refractivity contribution in [3.05, 3.63) is 28.5 Å². The largest absolute Gasteiger partial charge is 0.478 e. The number of nitrogens with one attached hydrogen (secondary N) is 1. The minimum atomic E-state index is -2.75. The third-order valence-corrected chi connectivity index (χ3v) is 2.24. The van der Waals surface area contributed by atoms with E-state index in [0.717, 1.165) is 12.1 Å². The Morgan fingerprint density at radius 3 is 2.75 bits per heavy atom. The van der Waals surface area contributed by atoms with Crippen molar-refractivity contribution in [1.82, 2.24) is 9.97 Å². The van der Waals surface area contributed by atoms with E-state index in [4.69, 9.17) is 16.7 Å². The van der Waals surface area contributed by atoms with Crippen LogP contribution >= 0.6 is 11.6 Å². The fourth-order valence-electron chi connectivity index (χ4n) is 1.40. The molecule has 2 rings (SSSR count). The van der Waals surface area contributed by atoms with Crippen LogP contribution in [0.5, 0.6) is 0 Å². The molecule has 0 unspecified atom stereocenters. The zero-order valence-corrected chi connectivity index (χ0v) is 8.42. The Morgan fingerprint density at radius 2 is 2.19 bits per heavy atom. The zero-order valence-electron chi connectivity index (χ0n) is 7.67.